The predicted octanol–water partition coefficient (Wildman–Crippen LogP) is 3.72. The van der Waals surface area contributed by atoms with Gasteiger partial charge in [-0.25, -0.2) is 4.68 Å². The van der Waals surface area contributed by atoms with Crippen LogP contribution in [0.3, 0.4) is 0 Å². The van der Waals surface area contributed by atoms with Crippen molar-refractivity contribution in [2.24, 2.45) is 0 Å². The van der Waals surface area contributed by atoms with Gasteiger partial charge in [0, 0.05) is 43.5 Å². The highest BCUT2D eigenvalue weighted by atomic mass is 16.2. The zero-order valence-electron chi connectivity index (χ0n) is 17.5. The maximum absolute atomic E-state index is 12.6. The number of nitrogens with one attached hydrogen (secondary N) is 1. The summed E-state index contributed by atoms with van der Waals surface area (Å²) < 4.78 is 1.89. The van der Waals surface area contributed by atoms with E-state index in [0.717, 1.165) is 31.5 Å². The first kappa shape index (κ1) is 20.8. The predicted molar refractivity (Wildman–Crippen MR) is 119 cm³/mol. The summed E-state index contributed by atoms with van der Waals surface area (Å²) in [6.45, 7) is 1.33. The summed E-state index contributed by atoms with van der Waals surface area (Å²) in [4.78, 5) is 30.9. The fourth-order valence-electron chi connectivity index (χ4n) is 4.00. The van der Waals surface area contributed by atoms with Gasteiger partial charge in [-0.2, -0.15) is 5.10 Å². The van der Waals surface area contributed by atoms with Crippen LogP contribution in [-0.4, -0.2) is 44.6 Å². The molecule has 0 saturated carbocycles. The molecule has 7 heteroatoms. The molecule has 0 aliphatic carbocycles. The van der Waals surface area contributed by atoms with E-state index in [1.807, 2.05) is 33.8 Å². The van der Waals surface area contributed by atoms with Gasteiger partial charge in [-0.05, 0) is 43.4 Å². The molecule has 0 atom stereocenters. The topological polar surface area (TPSA) is 80.1 Å². The molecule has 0 radical (unpaired) electrons. The first-order valence-corrected chi connectivity index (χ1v) is 10.8. The molecule has 4 rings (SSSR count). The molecule has 31 heavy (non-hydrogen) atoms. The number of nitrogens with zero attached hydrogens (tertiary/aromatic N) is 4. The molecule has 1 saturated heterocycles. The lowest BCUT2D eigenvalue weighted by Gasteiger charge is -2.32. The van der Waals surface area contributed by atoms with E-state index in [2.05, 4.69) is 27.5 Å². The number of likely N-dealkylation sites (tertiary alicyclic amines) is 1. The minimum Gasteiger partial charge on any atom is -0.338 e. The Morgan fingerprint density at radius 3 is 2.45 bits per heavy atom. The normalized spacial score (nSPS) is 14.4. The lowest BCUT2D eigenvalue weighted by atomic mass is 10.0. The Labute approximate surface area is 182 Å². The van der Waals surface area contributed by atoms with Crippen LogP contribution in [0.2, 0.25) is 0 Å². The van der Waals surface area contributed by atoms with E-state index in [1.54, 1.807) is 30.7 Å². The quantitative estimate of drug-likeness (QED) is 0.635. The number of carbonyl (C=O) groups is 2. The molecule has 1 N–H and O–H groups in total. The fraction of sp³-hybridized carbons (Fsp3) is 0.333. The third-order valence-electron chi connectivity index (χ3n) is 5.67. The van der Waals surface area contributed by atoms with Crippen molar-refractivity contribution in [3.63, 3.8) is 0 Å². The van der Waals surface area contributed by atoms with Gasteiger partial charge in [-0.1, -0.05) is 30.3 Å². The first-order chi connectivity index (χ1) is 15.2. The van der Waals surface area contributed by atoms with Crippen LogP contribution >= 0.6 is 0 Å². The van der Waals surface area contributed by atoms with Crippen molar-refractivity contribution < 1.29 is 9.59 Å². The van der Waals surface area contributed by atoms with E-state index in [0.29, 0.717) is 25.1 Å². The number of hydrogen-bond acceptors (Lipinski definition) is 4. The lowest BCUT2D eigenvalue weighted by molar-refractivity contribution is -0.116. The van der Waals surface area contributed by atoms with E-state index in [-0.39, 0.29) is 17.9 Å². The van der Waals surface area contributed by atoms with Crippen molar-refractivity contribution in [2.45, 2.75) is 38.1 Å². The number of aromatic nitrogens is 3. The van der Waals surface area contributed by atoms with Crippen molar-refractivity contribution in [1.82, 2.24) is 19.7 Å². The Kier molecular flexibility index (Phi) is 6.72. The maximum Gasteiger partial charge on any atom is 0.253 e. The standard InChI is InChI=1S/C24H27N5O2/c30-23(8-4-7-19-5-2-1-3-6-19)27-22-11-16-26-29(22)21-12-17-28(18-13-21)24(31)20-9-14-25-15-10-20/h1-3,5-6,9-11,14-16,21H,4,7-8,12-13,17-18H2,(H,27,30). The van der Waals surface area contributed by atoms with Crippen LogP contribution in [0.25, 0.3) is 0 Å². The number of aryl methyl sites for hydroxylation is 1. The Hall–Kier alpha value is -3.48. The van der Waals surface area contributed by atoms with Gasteiger partial charge in [0.2, 0.25) is 5.91 Å². The zero-order valence-corrected chi connectivity index (χ0v) is 17.5. The summed E-state index contributed by atoms with van der Waals surface area (Å²) in [6.07, 6.45) is 8.76. The number of anilines is 1. The largest absolute Gasteiger partial charge is 0.338 e. The van der Waals surface area contributed by atoms with E-state index >= 15 is 0 Å². The third kappa shape index (κ3) is 5.36. The highest BCUT2D eigenvalue weighted by Crippen LogP contribution is 2.26. The Bertz CT molecular complexity index is 995. The monoisotopic (exact) mass is 417 g/mol. The summed E-state index contributed by atoms with van der Waals surface area (Å²) in [5.41, 5.74) is 1.91. The van der Waals surface area contributed by atoms with Crippen molar-refractivity contribution in [3.05, 3.63) is 78.2 Å². The lowest BCUT2D eigenvalue weighted by Crippen LogP contribution is -2.39. The van der Waals surface area contributed by atoms with Gasteiger partial charge in [-0.3, -0.25) is 14.6 Å². The van der Waals surface area contributed by atoms with Crippen LogP contribution in [0, 0.1) is 0 Å². The second kappa shape index (κ2) is 10.0. The van der Waals surface area contributed by atoms with Crippen LogP contribution in [-0.2, 0) is 11.2 Å². The molecular formula is C24H27N5O2. The van der Waals surface area contributed by atoms with Gasteiger partial charge in [-0.15, -0.1) is 0 Å². The smallest absolute Gasteiger partial charge is 0.253 e. The molecular weight excluding hydrogens is 390 g/mol. The van der Waals surface area contributed by atoms with Crippen LogP contribution in [0.15, 0.2) is 67.1 Å². The maximum atomic E-state index is 12.6. The minimum absolute atomic E-state index is 0.00276. The van der Waals surface area contributed by atoms with Crippen molar-refractivity contribution in [2.75, 3.05) is 18.4 Å². The number of pyridine rings is 1. The summed E-state index contributed by atoms with van der Waals surface area (Å²) in [7, 11) is 0. The van der Waals surface area contributed by atoms with Gasteiger partial charge in [0.15, 0.2) is 0 Å². The van der Waals surface area contributed by atoms with Gasteiger partial charge in [0.05, 0.1) is 12.2 Å². The Balaban J connectivity index is 1.27. The number of rotatable bonds is 7. The minimum atomic E-state index is 0.00276. The molecule has 0 bridgehead atoms. The molecule has 3 aromatic rings. The molecule has 2 aromatic heterocycles. The second-order valence-electron chi connectivity index (χ2n) is 7.81. The van der Waals surface area contributed by atoms with E-state index < -0.39 is 0 Å². The van der Waals surface area contributed by atoms with Crippen molar-refractivity contribution in [3.8, 4) is 0 Å². The zero-order chi connectivity index (χ0) is 21.5. The van der Waals surface area contributed by atoms with Gasteiger partial charge < -0.3 is 10.2 Å². The number of hydrogen-bond donors (Lipinski definition) is 1. The van der Waals surface area contributed by atoms with Crippen molar-refractivity contribution >= 4 is 17.6 Å². The van der Waals surface area contributed by atoms with Gasteiger partial charge >= 0.3 is 0 Å². The third-order valence-corrected chi connectivity index (χ3v) is 5.67. The molecule has 0 spiro atoms. The van der Waals surface area contributed by atoms with Crippen LogP contribution in [0.1, 0.15) is 47.6 Å². The summed E-state index contributed by atoms with van der Waals surface area (Å²) in [5, 5.41) is 7.45. The second-order valence-corrected chi connectivity index (χ2v) is 7.81. The molecule has 160 valence electrons. The van der Waals surface area contributed by atoms with E-state index in [1.165, 1.54) is 5.56 Å². The van der Waals surface area contributed by atoms with Gasteiger partial charge in [0.25, 0.3) is 5.91 Å². The number of amides is 2. The highest BCUT2D eigenvalue weighted by Gasteiger charge is 2.26. The molecule has 3 heterocycles. The summed E-state index contributed by atoms with van der Waals surface area (Å²) in [6, 6.07) is 15.7. The molecule has 2 amide bonds. The number of benzene rings is 1. The average molecular weight is 418 g/mol. The Morgan fingerprint density at radius 2 is 1.71 bits per heavy atom. The molecule has 1 fully saturated rings. The molecule has 0 unspecified atom stereocenters. The Morgan fingerprint density at radius 1 is 0.968 bits per heavy atom. The molecule has 1 aromatic carbocycles. The van der Waals surface area contributed by atoms with Gasteiger partial charge in [0.1, 0.15) is 5.82 Å². The average Bonchev–Trinajstić information content (AvgIpc) is 3.28. The molecule has 7 nitrogen and oxygen atoms in total. The highest BCUT2D eigenvalue weighted by molar-refractivity contribution is 5.94. The van der Waals surface area contributed by atoms with Crippen LogP contribution < -0.4 is 5.32 Å². The van der Waals surface area contributed by atoms with Crippen LogP contribution in [0.5, 0.6) is 0 Å². The number of carbonyl (C=O) groups excluding carboxylic acids is 2. The summed E-state index contributed by atoms with van der Waals surface area (Å²) >= 11 is 0. The molecule has 1 aliphatic rings. The van der Waals surface area contributed by atoms with E-state index in [4.69, 9.17) is 0 Å². The van der Waals surface area contributed by atoms with E-state index in [9.17, 15) is 9.59 Å². The SMILES string of the molecule is O=C(CCCc1ccccc1)Nc1ccnn1C1CCN(C(=O)c2ccncc2)CC1. The first-order valence-electron chi connectivity index (χ1n) is 10.8. The number of piperidine rings is 1. The molecule has 1 aliphatic heterocycles. The van der Waals surface area contributed by atoms with Crippen LogP contribution in [0.4, 0.5) is 5.82 Å². The summed E-state index contributed by atoms with van der Waals surface area (Å²) in [5.74, 6) is 0.764. The van der Waals surface area contributed by atoms with Crippen molar-refractivity contribution in [1.29, 1.82) is 0 Å². The fourth-order valence-corrected chi connectivity index (χ4v) is 4.00.